The van der Waals surface area contributed by atoms with Crippen molar-refractivity contribution in [3.63, 3.8) is 0 Å². The molecule has 2 aromatic carbocycles. The summed E-state index contributed by atoms with van der Waals surface area (Å²) in [6.45, 7) is 0. The number of aryl methyl sites for hydroxylation is 1. The van der Waals surface area contributed by atoms with Gasteiger partial charge in [0, 0.05) is 30.4 Å². The Hall–Kier alpha value is -2.48. The summed E-state index contributed by atoms with van der Waals surface area (Å²) >= 11 is 12.3. The van der Waals surface area contributed by atoms with Gasteiger partial charge in [0.1, 0.15) is 0 Å². The molecule has 2 N–H and O–H groups in total. The van der Waals surface area contributed by atoms with E-state index in [1.165, 1.54) is 6.07 Å². The molecule has 27 heavy (non-hydrogen) atoms. The summed E-state index contributed by atoms with van der Waals surface area (Å²) in [6.07, 6.45) is 3.23. The molecule has 0 fully saturated rings. The second-order valence-electron chi connectivity index (χ2n) is 5.95. The average molecular weight is 421 g/mol. The van der Waals surface area contributed by atoms with Crippen LogP contribution in [0, 0.1) is 0 Å². The zero-order chi connectivity index (χ0) is 19.2. The zero-order valence-electron chi connectivity index (χ0n) is 14.1. The lowest BCUT2D eigenvalue weighted by Gasteiger charge is -2.11. The first-order valence-electron chi connectivity index (χ1n) is 7.93. The normalized spacial score (nSPS) is 11.8. The SMILES string of the molecule is Cn1nccc1-c1cccc(S(=O)(=O)Nc2ccc(Cl)c3c(Cl)c[nH]c23)c1. The van der Waals surface area contributed by atoms with Crippen molar-refractivity contribution in [2.75, 3.05) is 4.72 Å². The predicted octanol–water partition coefficient (Wildman–Crippen LogP) is 4.68. The molecule has 138 valence electrons. The van der Waals surface area contributed by atoms with E-state index in [9.17, 15) is 8.42 Å². The van der Waals surface area contributed by atoms with Crippen molar-refractivity contribution in [1.29, 1.82) is 0 Å². The molecular weight excluding hydrogens is 407 g/mol. The Balaban J connectivity index is 1.75. The van der Waals surface area contributed by atoms with Gasteiger partial charge in [-0.3, -0.25) is 9.40 Å². The fraction of sp³-hybridized carbons (Fsp3) is 0.0556. The highest BCUT2D eigenvalue weighted by Crippen LogP contribution is 2.35. The Labute approximate surface area is 165 Å². The number of fused-ring (bicyclic) bond motifs is 1. The van der Waals surface area contributed by atoms with Crippen molar-refractivity contribution in [1.82, 2.24) is 14.8 Å². The third-order valence-corrected chi connectivity index (χ3v) is 6.22. The fourth-order valence-electron chi connectivity index (χ4n) is 2.94. The molecule has 0 aliphatic heterocycles. The van der Waals surface area contributed by atoms with Crippen LogP contribution in [-0.2, 0) is 17.1 Å². The van der Waals surface area contributed by atoms with Crippen molar-refractivity contribution < 1.29 is 8.42 Å². The molecule has 0 radical (unpaired) electrons. The zero-order valence-corrected chi connectivity index (χ0v) is 16.4. The van der Waals surface area contributed by atoms with E-state index in [0.717, 1.165) is 11.3 Å². The summed E-state index contributed by atoms with van der Waals surface area (Å²) in [7, 11) is -2.02. The van der Waals surface area contributed by atoms with E-state index in [0.29, 0.717) is 26.6 Å². The minimum Gasteiger partial charge on any atom is -0.358 e. The van der Waals surface area contributed by atoms with E-state index < -0.39 is 10.0 Å². The minimum atomic E-state index is -3.82. The summed E-state index contributed by atoms with van der Waals surface area (Å²) < 4.78 is 30.2. The van der Waals surface area contributed by atoms with Gasteiger partial charge in [0.15, 0.2) is 0 Å². The van der Waals surface area contributed by atoms with E-state index in [2.05, 4.69) is 14.8 Å². The van der Waals surface area contributed by atoms with E-state index in [1.54, 1.807) is 48.4 Å². The van der Waals surface area contributed by atoms with Gasteiger partial charge in [0.05, 0.1) is 31.8 Å². The first-order chi connectivity index (χ1) is 12.9. The fourth-order valence-corrected chi connectivity index (χ4v) is 4.61. The van der Waals surface area contributed by atoms with Crippen molar-refractivity contribution in [2.24, 2.45) is 7.05 Å². The number of rotatable bonds is 4. The monoisotopic (exact) mass is 420 g/mol. The number of H-pyrrole nitrogens is 1. The number of anilines is 1. The molecule has 0 unspecified atom stereocenters. The molecule has 0 aliphatic carbocycles. The minimum absolute atomic E-state index is 0.141. The third kappa shape index (κ3) is 3.18. The van der Waals surface area contributed by atoms with Crippen molar-refractivity contribution in [3.8, 4) is 11.3 Å². The van der Waals surface area contributed by atoms with Gasteiger partial charge in [-0.25, -0.2) is 8.42 Å². The summed E-state index contributed by atoms with van der Waals surface area (Å²) in [6, 6.07) is 11.7. The first-order valence-corrected chi connectivity index (χ1v) is 10.2. The smallest absolute Gasteiger partial charge is 0.261 e. The molecule has 0 amide bonds. The lowest BCUT2D eigenvalue weighted by atomic mass is 10.1. The Morgan fingerprint density at radius 2 is 1.93 bits per heavy atom. The highest BCUT2D eigenvalue weighted by Gasteiger charge is 2.19. The molecule has 0 atom stereocenters. The predicted molar refractivity (Wildman–Crippen MR) is 108 cm³/mol. The molecule has 0 saturated carbocycles. The lowest BCUT2D eigenvalue weighted by molar-refractivity contribution is 0.601. The molecule has 2 heterocycles. The van der Waals surface area contributed by atoms with Crippen LogP contribution < -0.4 is 4.72 Å². The van der Waals surface area contributed by atoms with Crippen LogP contribution in [0.3, 0.4) is 0 Å². The Kier molecular flexibility index (Phi) is 4.38. The van der Waals surface area contributed by atoms with Crippen molar-refractivity contribution in [2.45, 2.75) is 4.90 Å². The van der Waals surface area contributed by atoms with Crippen LogP contribution in [0.2, 0.25) is 10.0 Å². The van der Waals surface area contributed by atoms with Gasteiger partial charge < -0.3 is 4.98 Å². The number of nitrogens with zero attached hydrogens (tertiary/aromatic N) is 2. The number of hydrogen-bond acceptors (Lipinski definition) is 3. The maximum Gasteiger partial charge on any atom is 0.261 e. The van der Waals surface area contributed by atoms with Crippen LogP contribution >= 0.6 is 23.2 Å². The highest BCUT2D eigenvalue weighted by molar-refractivity contribution is 7.92. The van der Waals surface area contributed by atoms with Crippen LogP contribution in [0.4, 0.5) is 5.69 Å². The van der Waals surface area contributed by atoms with Crippen molar-refractivity contribution >= 4 is 49.8 Å². The molecule has 9 heteroatoms. The quantitative estimate of drug-likeness (QED) is 0.502. The standard InChI is InChI=1S/C18H14Cl2N4O2S/c1-24-16(7-8-22-24)11-3-2-4-12(9-11)27(25,26)23-15-6-5-13(19)17-14(20)10-21-18(15)17/h2-10,21,23H,1H3. The average Bonchev–Trinajstić information content (AvgIpc) is 3.24. The molecule has 0 bridgehead atoms. The van der Waals surface area contributed by atoms with Gasteiger partial charge in [0.2, 0.25) is 0 Å². The van der Waals surface area contributed by atoms with Gasteiger partial charge in [-0.2, -0.15) is 5.10 Å². The molecule has 0 spiro atoms. The van der Waals surface area contributed by atoms with E-state index >= 15 is 0 Å². The van der Waals surface area contributed by atoms with Crippen LogP contribution in [0.15, 0.2) is 59.8 Å². The molecule has 2 aromatic heterocycles. The Morgan fingerprint density at radius 1 is 1.11 bits per heavy atom. The molecule has 0 saturated heterocycles. The van der Waals surface area contributed by atoms with Gasteiger partial charge in [-0.1, -0.05) is 35.3 Å². The second-order valence-corrected chi connectivity index (χ2v) is 8.45. The van der Waals surface area contributed by atoms with Gasteiger partial charge in [-0.15, -0.1) is 0 Å². The van der Waals surface area contributed by atoms with Gasteiger partial charge in [-0.05, 0) is 30.3 Å². The number of hydrogen-bond donors (Lipinski definition) is 2. The van der Waals surface area contributed by atoms with E-state index in [1.807, 2.05) is 12.1 Å². The van der Waals surface area contributed by atoms with E-state index in [-0.39, 0.29) is 4.90 Å². The molecule has 4 aromatic rings. The molecule has 4 rings (SSSR count). The Bertz CT molecular complexity index is 1260. The van der Waals surface area contributed by atoms with Crippen LogP contribution in [0.1, 0.15) is 0 Å². The van der Waals surface area contributed by atoms with Crippen LogP contribution in [-0.4, -0.2) is 23.2 Å². The highest BCUT2D eigenvalue weighted by atomic mass is 35.5. The lowest BCUT2D eigenvalue weighted by Crippen LogP contribution is -2.13. The number of aromatic amines is 1. The Morgan fingerprint density at radius 3 is 2.67 bits per heavy atom. The van der Waals surface area contributed by atoms with Crippen LogP contribution in [0.5, 0.6) is 0 Å². The van der Waals surface area contributed by atoms with E-state index in [4.69, 9.17) is 23.2 Å². The summed E-state index contributed by atoms with van der Waals surface area (Å²) in [4.78, 5) is 3.10. The first kappa shape index (κ1) is 17.9. The second kappa shape index (κ2) is 6.60. The van der Waals surface area contributed by atoms with Gasteiger partial charge in [0.25, 0.3) is 10.0 Å². The number of nitrogens with one attached hydrogen (secondary N) is 2. The summed E-state index contributed by atoms with van der Waals surface area (Å²) in [5.41, 5.74) is 2.46. The maximum absolute atomic E-state index is 12.9. The summed E-state index contributed by atoms with van der Waals surface area (Å²) in [5, 5.41) is 5.56. The van der Waals surface area contributed by atoms with Gasteiger partial charge >= 0.3 is 0 Å². The van der Waals surface area contributed by atoms with Crippen LogP contribution in [0.25, 0.3) is 22.2 Å². The topological polar surface area (TPSA) is 79.8 Å². The maximum atomic E-state index is 12.9. The molecule has 0 aliphatic rings. The number of sulfonamides is 1. The third-order valence-electron chi connectivity index (χ3n) is 4.24. The molecule has 6 nitrogen and oxygen atoms in total. The molecular formula is C18H14Cl2N4O2S. The number of aromatic nitrogens is 3. The summed E-state index contributed by atoms with van der Waals surface area (Å²) in [5.74, 6) is 0. The number of benzene rings is 2. The largest absolute Gasteiger partial charge is 0.358 e. The number of halogens is 2. The van der Waals surface area contributed by atoms with Crippen molar-refractivity contribution in [3.05, 3.63) is 64.9 Å².